The molecule has 0 aliphatic carbocycles. The summed E-state index contributed by atoms with van der Waals surface area (Å²) in [5.41, 5.74) is 1.71. The number of aliphatic hydroxyl groups is 1. The van der Waals surface area contributed by atoms with Crippen molar-refractivity contribution in [1.82, 2.24) is 9.88 Å². The highest BCUT2D eigenvalue weighted by molar-refractivity contribution is 6.46. The number of likely N-dealkylation sites (tertiary alicyclic amines) is 1. The van der Waals surface area contributed by atoms with Crippen LogP contribution in [0.4, 0.5) is 0 Å². The maximum Gasteiger partial charge on any atom is 0.295 e. The predicted octanol–water partition coefficient (Wildman–Crippen LogP) is 4.04. The average molecular weight is 485 g/mol. The van der Waals surface area contributed by atoms with Crippen molar-refractivity contribution in [2.45, 2.75) is 12.6 Å². The monoisotopic (exact) mass is 484 g/mol. The average Bonchev–Trinajstić information content (AvgIpc) is 3.17. The van der Waals surface area contributed by atoms with Crippen molar-refractivity contribution in [2.75, 3.05) is 19.8 Å². The van der Waals surface area contributed by atoms with Gasteiger partial charge < -0.3 is 24.2 Å². The molecule has 3 heterocycles. The van der Waals surface area contributed by atoms with Gasteiger partial charge in [-0.25, -0.2) is 0 Å². The molecule has 8 nitrogen and oxygen atoms in total. The lowest BCUT2D eigenvalue weighted by atomic mass is 9.95. The largest absolute Gasteiger partial charge is 0.507 e. The molecule has 2 aromatic carbocycles. The number of aliphatic hydroxyl groups excluding tert-OH is 1. The number of fused-ring (bicyclic) bond motifs is 1. The number of ether oxygens (including phenoxy) is 3. The van der Waals surface area contributed by atoms with E-state index in [-0.39, 0.29) is 17.9 Å². The van der Waals surface area contributed by atoms with E-state index in [9.17, 15) is 14.7 Å². The van der Waals surface area contributed by atoms with Gasteiger partial charge in [-0.15, -0.1) is 0 Å². The number of hydrogen-bond donors (Lipinski definition) is 1. The third-order valence-electron chi connectivity index (χ3n) is 5.97. The highest BCUT2D eigenvalue weighted by Gasteiger charge is 2.46. The van der Waals surface area contributed by atoms with E-state index in [2.05, 4.69) is 11.6 Å². The van der Waals surface area contributed by atoms with Crippen LogP contribution < -0.4 is 14.2 Å². The lowest BCUT2D eigenvalue weighted by Gasteiger charge is -2.26. The summed E-state index contributed by atoms with van der Waals surface area (Å²) in [7, 11) is 0. The molecule has 8 heteroatoms. The first-order valence-electron chi connectivity index (χ1n) is 11.5. The first-order valence-corrected chi connectivity index (χ1v) is 11.5. The van der Waals surface area contributed by atoms with Crippen LogP contribution in [0.25, 0.3) is 5.76 Å². The minimum Gasteiger partial charge on any atom is -0.507 e. The van der Waals surface area contributed by atoms with Crippen molar-refractivity contribution in [3.05, 3.63) is 102 Å². The number of Topliss-reactive ketones (excluding diaryl/α,β-unsaturated/α-hetero) is 1. The second-order valence-electron chi connectivity index (χ2n) is 8.32. The van der Waals surface area contributed by atoms with Crippen LogP contribution in [0.2, 0.25) is 0 Å². The maximum absolute atomic E-state index is 13.3. The van der Waals surface area contributed by atoms with Gasteiger partial charge in [0, 0.05) is 24.5 Å². The van der Waals surface area contributed by atoms with Crippen molar-refractivity contribution in [3.63, 3.8) is 0 Å². The highest BCUT2D eigenvalue weighted by atomic mass is 16.6. The Morgan fingerprint density at radius 3 is 2.72 bits per heavy atom. The summed E-state index contributed by atoms with van der Waals surface area (Å²) in [6.07, 6.45) is 4.90. The standard InChI is InChI=1S/C28H24N2O6/c1-2-11-34-21-7-3-6-19(14-21)25-24(26(31)20-8-9-22-23(15-20)36-13-12-35-22)27(32)28(33)30(25)17-18-5-4-10-29-16-18/h2-10,14-16,25,31H,1,11-13,17H2/b26-24+/t25-/m1/s1. The molecule has 1 saturated heterocycles. The van der Waals surface area contributed by atoms with E-state index >= 15 is 0 Å². The molecule has 1 amide bonds. The van der Waals surface area contributed by atoms with Gasteiger partial charge in [-0.05, 0) is 47.5 Å². The molecule has 0 unspecified atom stereocenters. The van der Waals surface area contributed by atoms with Crippen LogP contribution in [0.3, 0.4) is 0 Å². The Hall–Kier alpha value is -4.59. The molecule has 0 bridgehead atoms. The normalized spacial score (nSPS) is 18.2. The van der Waals surface area contributed by atoms with Crippen LogP contribution in [0.5, 0.6) is 17.2 Å². The number of nitrogens with zero attached hydrogens (tertiary/aromatic N) is 2. The fraction of sp³-hybridized carbons (Fsp3) is 0.179. The second kappa shape index (κ2) is 9.95. The summed E-state index contributed by atoms with van der Waals surface area (Å²) >= 11 is 0. The Bertz CT molecular complexity index is 1350. The molecular weight excluding hydrogens is 460 g/mol. The van der Waals surface area contributed by atoms with Crippen molar-refractivity contribution >= 4 is 17.4 Å². The van der Waals surface area contributed by atoms with Gasteiger partial charge >= 0.3 is 0 Å². The number of carbonyl (C=O) groups is 2. The molecule has 2 aliphatic rings. The topological polar surface area (TPSA) is 98.2 Å². The van der Waals surface area contributed by atoms with Crippen LogP contribution in [0.15, 0.2) is 85.2 Å². The quantitative estimate of drug-likeness (QED) is 0.234. The van der Waals surface area contributed by atoms with Crippen LogP contribution in [-0.4, -0.2) is 46.5 Å². The fourth-order valence-corrected chi connectivity index (χ4v) is 4.35. The van der Waals surface area contributed by atoms with Gasteiger partial charge in [0.2, 0.25) is 0 Å². The van der Waals surface area contributed by atoms with E-state index in [0.29, 0.717) is 48.2 Å². The molecule has 1 fully saturated rings. The number of aromatic nitrogens is 1. The minimum atomic E-state index is -0.842. The van der Waals surface area contributed by atoms with Crippen LogP contribution in [-0.2, 0) is 16.1 Å². The molecule has 1 atom stereocenters. The third-order valence-corrected chi connectivity index (χ3v) is 5.97. The summed E-state index contributed by atoms with van der Waals surface area (Å²) in [5.74, 6) is -0.195. The van der Waals surface area contributed by atoms with Crippen LogP contribution in [0.1, 0.15) is 22.7 Å². The molecule has 0 radical (unpaired) electrons. The Kier molecular flexibility index (Phi) is 6.40. The third kappa shape index (κ3) is 4.40. The number of pyridine rings is 1. The number of ketones is 1. The van der Waals surface area contributed by atoms with Gasteiger partial charge in [0.15, 0.2) is 11.5 Å². The van der Waals surface area contributed by atoms with Crippen molar-refractivity contribution in [1.29, 1.82) is 0 Å². The molecule has 2 aliphatic heterocycles. The zero-order valence-electron chi connectivity index (χ0n) is 19.4. The summed E-state index contributed by atoms with van der Waals surface area (Å²) in [4.78, 5) is 32.1. The van der Waals surface area contributed by atoms with Crippen LogP contribution >= 0.6 is 0 Å². The molecule has 5 rings (SSSR count). The highest BCUT2D eigenvalue weighted by Crippen LogP contribution is 2.42. The van der Waals surface area contributed by atoms with Crippen molar-refractivity contribution < 1.29 is 28.9 Å². The molecule has 1 aromatic heterocycles. The summed E-state index contributed by atoms with van der Waals surface area (Å²) in [6.45, 7) is 4.92. The molecule has 36 heavy (non-hydrogen) atoms. The zero-order valence-corrected chi connectivity index (χ0v) is 19.4. The molecule has 3 aromatic rings. The smallest absolute Gasteiger partial charge is 0.295 e. The van der Waals surface area contributed by atoms with Gasteiger partial charge in [-0.3, -0.25) is 14.6 Å². The predicted molar refractivity (Wildman–Crippen MR) is 132 cm³/mol. The molecule has 182 valence electrons. The SMILES string of the molecule is C=CCOc1cccc([C@@H]2/C(=C(\O)c3ccc4c(c3)OCCO4)C(=O)C(=O)N2Cc2cccnc2)c1. The molecule has 1 N–H and O–H groups in total. The molecular formula is C28H24N2O6. The Morgan fingerprint density at radius 2 is 1.94 bits per heavy atom. The first-order chi connectivity index (χ1) is 17.6. The van der Waals surface area contributed by atoms with Crippen molar-refractivity contribution in [3.8, 4) is 17.2 Å². The Balaban J connectivity index is 1.62. The van der Waals surface area contributed by atoms with E-state index in [1.54, 1.807) is 67.0 Å². The lowest BCUT2D eigenvalue weighted by molar-refractivity contribution is -0.140. The van der Waals surface area contributed by atoms with E-state index in [0.717, 1.165) is 5.56 Å². The van der Waals surface area contributed by atoms with E-state index in [1.807, 2.05) is 6.07 Å². The van der Waals surface area contributed by atoms with Gasteiger partial charge in [-0.2, -0.15) is 0 Å². The first kappa shape index (κ1) is 23.2. The number of benzene rings is 2. The number of rotatable bonds is 7. The lowest BCUT2D eigenvalue weighted by Crippen LogP contribution is -2.29. The fourth-order valence-electron chi connectivity index (χ4n) is 4.35. The summed E-state index contributed by atoms with van der Waals surface area (Å²) < 4.78 is 16.9. The maximum atomic E-state index is 13.3. The van der Waals surface area contributed by atoms with Gasteiger partial charge in [0.1, 0.15) is 31.3 Å². The van der Waals surface area contributed by atoms with E-state index in [1.165, 1.54) is 4.90 Å². The van der Waals surface area contributed by atoms with Gasteiger partial charge in [0.05, 0.1) is 11.6 Å². The number of hydrogen-bond acceptors (Lipinski definition) is 7. The minimum absolute atomic E-state index is 0.0126. The Labute approximate surface area is 208 Å². The molecule has 0 saturated carbocycles. The Morgan fingerprint density at radius 1 is 1.11 bits per heavy atom. The second-order valence-corrected chi connectivity index (χ2v) is 8.32. The van der Waals surface area contributed by atoms with Crippen molar-refractivity contribution in [2.24, 2.45) is 0 Å². The number of amides is 1. The zero-order chi connectivity index (χ0) is 25.1. The number of carbonyl (C=O) groups excluding carboxylic acids is 2. The van der Waals surface area contributed by atoms with Gasteiger partial charge in [0.25, 0.3) is 11.7 Å². The summed E-state index contributed by atoms with van der Waals surface area (Å²) in [6, 6.07) is 14.8. The van der Waals surface area contributed by atoms with E-state index in [4.69, 9.17) is 14.2 Å². The summed E-state index contributed by atoms with van der Waals surface area (Å²) in [5, 5.41) is 11.4. The van der Waals surface area contributed by atoms with Gasteiger partial charge in [-0.1, -0.05) is 30.9 Å². The van der Waals surface area contributed by atoms with Crippen LogP contribution in [0, 0.1) is 0 Å². The van der Waals surface area contributed by atoms with E-state index < -0.39 is 17.7 Å². The molecule has 0 spiro atoms.